The van der Waals surface area contributed by atoms with Gasteiger partial charge >= 0.3 is 5.97 Å². The van der Waals surface area contributed by atoms with Gasteiger partial charge in [-0.05, 0) is 32.0 Å². The topological polar surface area (TPSA) is 86.7 Å². The molecule has 1 fully saturated rings. The van der Waals surface area contributed by atoms with E-state index in [2.05, 4.69) is 4.72 Å². The molecule has 0 spiro atoms. The first-order chi connectivity index (χ1) is 9.45. The molecule has 0 amide bonds. The van der Waals surface area contributed by atoms with Crippen molar-refractivity contribution < 1.29 is 18.3 Å². The number of sulfonamides is 1. The van der Waals surface area contributed by atoms with Gasteiger partial charge in [0, 0.05) is 12.6 Å². The highest BCUT2D eigenvalue weighted by Crippen LogP contribution is 2.32. The van der Waals surface area contributed by atoms with Crippen molar-refractivity contribution in [2.75, 3.05) is 18.5 Å². The molecule has 1 heterocycles. The van der Waals surface area contributed by atoms with Gasteiger partial charge in [0.05, 0.1) is 12.1 Å². The summed E-state index contributed by atoms with van der Waals surface area (Å²) in [5, 5.41) is 8.96. The minimum atomic E-state index is -3.56. The van der Waals surface area contributed by atoms with Crippen molar-refractivity contribution in [3.63, 3.8) is 0 Å². The predicted octanol–water partition coefficient (Wildman–Crippen LogP) is 1.04. The van der Waals surface area contributed by atoms with E-state index in [1.165, 1.54) is 13.1 Å². The predicted molar refractivity (Wildman–Crippen MR) is 75.3 cm³/mol. The molecule has 0 bridgehead atoms. The lowest BCUT2D eigenvalue weighted by Gasteiger charge is -2.27. The molecule has 2 N–H and O–H groups in total. The Bertz CT molecular complexity index is 600. The molecule has 2 rings (SSSR count). The van der Waals surface area contributed by atoms with Crippen LogP contribution >= 0.6 is 0 Å². The fraction of sp³-hybridized carbons (Fsp3) is 0.462. The molecular weight excluding hydrogens is 280 g/mol. The lowest BCUT2D eigenvalue weighted by Crippen LogP contribution is -2.33. The van der Waals surface area contributed by atoms with Crippen molar-refractivity contribution >= 4 is 21.7 Å². The third kappa shape index (κ3) is 2.94. The molecule has 7 heteroatoms. The monoisotopic (exact) mass is 298 g/mol. The van der Waals surface area contributed by atoms with Crippen LogP contribution < -0.4 is 9.62 Å². The third-order valence-electron chi connectivity index (χ3n) is 3.52. The van der Waals surface area contributed by atoms with Crippen molar-refractivity contribution in [3.8, 4) is 0 Å². The Hall–Kier alpha value is -1.60. The first kappa shape index (κ1) is 14.8. The summed E-state index contributed by atoms with van der Waals surface area (Å²) < 4.78 is 26.4. The Morgan fingerprint density at radius 2 is 2.15 bits per heavy atom. The van der Waals surface area contributed by atoms with E-state index < -0.39 is 16.0 Å². The number of benzene rings is 1. The van der Waals surface area contributed by atoms with Crippen LogP contribution in [0.25, 0.3) is 0 Å². The van der Waals surface area contributed by atoms with Gasteiger partial charge in [-0.1, -0.05) is 12.1 Å². The molecule has 1 aromatic rings. The number of aliphatic carboxylic acids is 1. The van der Waals surface area contributed by atoms with Crippen molar-refractivity contribution in [1.29, 1.82) is 0 Å². The van der Waals surface area contributed by atoms with E-state index in [9.17, 15) is 13.2 Å². The molecule has 1 saturated heterocycles. The lowest BCUT2D eigenvalue weighted by molar-refractivity contribution is -0.137. The highest BCUT2D eigenvalue weighted by Gasteiger charge is 2.30. The van der Waals surface area contributed by atoms with Gasteiger partial charge in [-0.15, -0.1) is 0 Å². The first-order valence-electron chi connectivity index (χ1n) is 6.46. The summed E-state index contributed by atoms with van der Waals surface area (Å²) in [5.74, 6) is -0.865. The van der Waals surface area contributed by atoms with Crippen LogP contribution in [0.1, 0.15) is 19.3 Å². The second kappa shape index (κ2) is 5.80. The molecule has 1 aliphatic rings. The molecule has 0 radical (unpaired) electrons. The first-order valence-corrected chi connectivity index (χ1v) is 7.95. The Labute approximate surface area is 118 Å². The SMILES string of the molecule is CNS(=O)(=O)c1ccccc1N1CCCC1CC(=O)O. The van der Waals surface area contributed by atoms with Crippen LogP contribution in [0.3, 0.4) is 0 Å². The number of rotatable bonds is 5. The molecule has 0 aliphatic carbocycles. The summed E-state index contributed by atoms with van der Waals surface area (Å²) in [5.41, 5.74) is 0.575. The number of carboxylic acid groups (broad SMARTS) is 1. The number of nitrogens with zero attached hydrogens (tertiary/aromatic N) is 1. The molecule has 110 valence electrons. The van der Waals surface area contributed by atoms with Crippen molar-refractivity contribution in [3.05, 3.63) is 24.3 Å². The van der Waals surface area contributed by atoms with Crippen LogP contribution in [0.5, 0.6) is 0 Å². The van der Waals surface area contributed by atoms with Crippen LogP contribution in [0.4, 0.5) is 5.69 Å². The zero-order chi connectivity index (χ0) is 14.8. The quantitative estimate of drug-likeness (QED) is 0.848. The summed E-state index contributed by atoms with van der Waals surface area (Å²) >= 11 is 0. The van der Waals surface area contributed by atoms with E-state index in [0.29, 0.717) is 12.2 Å². The van der Waals surface area contributed by atoms with Crippen molar-refractivity contribution in [2.24, 2.45) is 0 Å². The highest BCUT2D eigenvalue weighted by atomic mass is 32.2. The molecule has 1 aliphatic heterocycles. The standard InChI is InChI=1S/C13H18N2O4S/c1-14-20(18,19)12-7-3-2-6-11(12)15-8-4-5-10(15)9-13(16)17/h2-3,6-7,10,14H,4-5,8-9H2,1H3,(H,16,17). The van der Waals surface area contributed by atoms with Gasteiger partial charge in [0.25, 0.3) is 0 Å². The summed E-state index contributed by atoms with van der Waals surface area (Å²) in [6.45, 7) is 0.675. The third-order valence-corrected chi connectivity index (χ3v) is 4.98. The van der Waals surface area contributed by atoms with Gasteiger partial charge in [-0.25, -0.2) is 13.1 Å². The van der Waals surface area contributed by atoms with Crippen LogP contribution in [0.15, 0.2) is 29.2 Å². The minimum Gasteiger partial charge on any atom is -0.481 e. The van der Waals surface area contributed by atoms with Crippen molar-refractivity contribution in [2.45, 2.75) is 30.2 Å². The number of anilines is 1. The Kier molecular flexibility index (Phi) is 4.29. The van der Waals surface area contributed by atoms with E-state index in [1.807, 2.05) is 4.90 Å². The number of carbonyl (C=O) groups is 1. The zero-order valence-corrected chi connectivity index (χ0v) is 12.1. The highest BCUT2D eigenvalue weighted by molar-refractivity contribution is 7.89. The maximum absolute atomic E-state index is 12.1. The van der Waals surface area contributed by atoms with Gasteiger partial charge in [0.2, 0.25) is 10.0 Å². The molecule has 1 aromatic carbocycles. The molecule has 6 nitrogen and oxygen atoms in total. The summed E-state index contributed by atoms with van der Waals surface area (Å²) in [6, 6.07) is 6.54. The maximum Gasteiger partial charge on any atom is 0.305 e. The van der Waals surface area contributed by atoms with Gasteiger partial charge in [0.15, 0.2) is 0 Å². The molecule has 0 aromatic heterocycles. The van der Waals surface area contributed by atoms with E-state index >= 15 is 0 Å². The van der Waals surface area contributed by atoms with Gasteiger partial charge in [-0.2, -0.15) is 0 Å². The van der Waals surface area contributed by atoms with Gasteiger partial charge in [0.1, 0.15) is 4.90 Å². The smallest absolute Gasteiger partial charge is 0.305 e. The van der Waals surface area contributed by atoms with Crippen LogP contribution in [0, 0.1) is 0 Å². The average molecular weight is 298 g/mol. The minimum absolute atomic E-state index is 0.0218. The van der Waals surface area contributed by atoms with Gasteiger partial charge < -0.3 is 10.0 Å². The number of nitrogens with one attached hydrogen (secondary N) is 1. The Morgan fingerprint density at radius 1 is 1.45 bits per heavy atom. The summed E-state index contributed by atoms with van der Waals surface area (Å²) in [4.78, 5) is 13.0. The molecule has 0 saturated carbocycles. The van der Waals surface area contributed by atoms with E-state index in [0.717, 1.165) is 12.8 Å². The molecule has 20 heavy (non-hydrogen) atoms. The Balaban J connectivity index is 2.40. The maximum atomic E-state index is 12.1. The zero-order valence-electron chi connectivity index (χ0n) is 11.2. The van der Waals surface area contributed by atoms with Crippen LogP contribution in [0.2, 0.25) is 0 Å². The van der Waals surface area contributed by atoms with E-state index in [-0.39, 0.29) is 17.4 Å². The van der Waals surface area contributed by atoms with Crippen LogP contribution in [-0.2, 0) is 14.8 Å². The van der Waals surface area contributed by atoms with Crippen LogP contribution in [-0.4, -0.2) is 39.1 Å². The fourth-order valence-corrected chi connectivity index (χ4v) is 3.54. The second-order valence-electron chi connectivity index (χ2n) is 4.76. The molecular formula is C13H18N2O4S. The number of para-hydroxylation sites is 1. The lowest BCUT2D eigenvalue weighted by atomic mass is 10.1. The fourth-order valence-electron chi connectivity index (χ4n) is 2.60. The normalized spacial score (nSPS) is 19.2. The average Bonchev–Trinajstić information content (AvgIpc) is 2.86. The van der Waals surface area contributed by atoms with E-state index in [1.54, 1.807) is 18.2 Å². The van der Waals surface area contributed by atoms with Gasteiger partial charge in [-0.3, -0.25) is 4.79 Å². The molecule has 1 unspecified atom stereocenters. The Morgan fingerprint density at radius 3 is 2.80 bits per heavy atom. The summed E-state index contributed by atoms with van der Waals surface area (Å²) in [7, 11) is -2.19. The van der Waals surface area contributed by atoms with E-state index in [4.69, 9.17) is 5.11 Å². The number of hydrogen-bond donors (Lipinski definition) is 2. The number of carboxylic acids is 1. The second-order valence-corrected chi connectivity index (χ2v) is 6.62. The van der Waals surface area contributed by atoms with Crippen molar-refractivity contribution in [1.82, 2.24) is 4.72 Å². The summed E-state index contributed by atoms with van der Waals surface area (Å²) in [6.07, 6.45) is 1.65. The number of hydrogen-bond acceptors (Lipinski definition) is 4. The molecule has 1 atom stereocenters. The largest absolute Gasteiger partial charge is 0.481 e.